The number of unbranched alkanes of at least 4 members (excludes halogenated alkanes) is 1. The van der Waals surface area contributed by atoms with Crippen LogP contribution in [0.2, 0.25) is 5.02 Å². The Morgan fingerprint density at radius 2 is 1.64 bits per heavy atom. The Morgan fingerprint density at radius 1 is 0.897 bits per heavy atom. The quantitative estimate of drug-likeness (QED) is 0.426. The number of hydrogen-bond donors (Lipinski definition) is 1. The number of nitrogens with zero attached hydrogens (tertiary/aromatic N) is 3. The van der Waals surface area contributed by atoms with Gasteiger partial charge in [-0.2, -0.15) is 0 Å². The molecule has 5 atom stereocenters. The van der Waals surface area contributed by atoms with Gasteiger partial charge in [0.2, 0.25) is 11.8 Å². The number of benzene rings is 2. The summed E-state index contributed by atoms with van der Waals surface area (Å²) < 4.78 is -0.890. The zero-order chi connectivity index (χ0) is 27.1. The highest BCUT2D eigenvalue weighted by molar-refractivity contribution is 8.02. The van der Waals surface area contributed by atoms with E-state index in [2.05, 4.69) is 0 Å². The van der Waals surface area contributed by atoms with Crippen molar-refractivity contribution in [3.05, 3.63) is 83.9 Å². The SMILES string of the molecule is O=C1[C@@H]2[C@H]3C(=O)N(CCCCO)C4C(=O)N(c5ccccc5Cl)CC=C[C@@]43S[C@@H]2C=CCN1c1ccccc1. The topological polar surface area (TPSA) is 81.2 Å². The van der Waals surface area contributed by atoms with Crippen molar-refractivity contribution in [1.29, 1.82) is 0 Å². The van der Waals surface area contributed by atoms with E-state index in [1.54, 1.807) is 32.5 Å². The summed E-state index contributed by atoms with van der Waals surface area (Å²) in [5, 5.41) is 9.64. The molecule has 2 aromatic rings. The largest absolute Gasteiger partial charge is 0.396 e. The molecule has 1 N–H and O–H groups in total. The third-order valence-corrected chi connectivity index (χ3v) is 10.2. The van der Waals surface area contributed by atoms with Gasteiger partial charge in [0.1, 0.15) is 6.04 Å². The highest BCUT2D eigenvalue weighted by Crippen LogP contribution is 2.61. The van der Waals surface area contributed by atoms with Crippen molar-refractivity contribution in [2.24, 2.45) is 11.8 Å². The highest BCUT2D eigenvalue weighted by Gasteiger charge is 2.71. The molecule has 4 heterocycles. The molecule has 7 nitrogen and oxygen atoms in total. The molecule has 0 aromatic heterocycles. The van der Waals surface area contributed by atoms with Gasteiger partial charge in [-0.15, -0.1) is 11.8 Å². The molecule has 1 unspecified atom stereocenters. The lowest BCUT2D eigenvalue weighted by Gasteiger charge is -2.35. The molecular weight excluding hydrogens is 534 g/mol. The van der Waals surface area contributed by atoms with Gasteiger partial charge in [-0.25, -0.2) is 0 Å². The van der Waals surface area contributed by atoms with Crippen molar-refractivity contribution < 1.29 is 19.5 Å². The predicted molar refractivity (Wildman–Crippen MR) is 154 cm³/mol. The molecule has 4 aliphatic rings. The van der Waals surface area contributed by atoms with Gasteiger partial charge >= 0.3 is 0 Å². The van der Waals surface area contributed by atoms with Gasteiger partial charge in [-0.1, -0.05) is 66.2 Å². The second-order valence-corrected chi connectivity index (χ2v) is 12.2. The monoisotopic (exact) mass is 563 g/mol. The molecule has 9 heteroatoms. The molecule has 39 heavy (non-hydrogen) atoms. The number of anilines is 2. The lowest BCUT2D eigenvalue weighted by atomic mass is 9.78. The van der Waals surface area contributed by atoms with Crippen molar-refractivity contribution in [2.75, 3.05) is 36.0 Å². The van der Waals surface area contributed by atoms with Crippen molar-refractivity contribution in [1.82, 2.24) is 4.90 Å². The number of thioether (sulfide) groups is 1. The summed E-state index contributed by atoms with van der Waals surface area (Å²) in [6, 6.07) is 15.9. The number of carbonyl (C=O) groups excluding carboxylic acids is 3. The first-order valence-electron chi connectivity index (χ1n) is 13.3. The Kier molecular flexibility index (Phi) is 7.04. The fourth-order valence-electron chi connectivity index (χ4n) is 6.50. The van der Waals surface area contributed by atoms with Gasteiger partial charge in [-0.3, -0.25) is 14.4 Å². The number of fused-ring (bicyclic) bond motifs is 2. The molecule has 1 spiro atoms. The Hall–Kier alpha value is -3.07. The van der Waals surface area contributed by atoms with Crippen molar-refractivity contribution >= 4 is 52.5 Å². The third kappa shape index (κ3) is 4.20. The molecule has 2 fully saturated rings. The molecule has 2 aromatic carbocycles. The molecule has 202 valence electrons. The van der Waals surface area contributed by atoms with Crippen LogP contribution in [0.4, 0.5) is 11.4 Å². The third-order valence-electron chi connectivity index (χ3n) is 8.18. The number of aliphatic hydroxyl groups is 1. The summed E-state index contributed by atoms with van der Waals surface area (Å²) in [6.07, 6.45) is 9.08. The minimum Gasteiger partial charge on any atom is -0.396 e. The summed E-state index contributed by atoms with van der Waals surface area (Å²) in [6.45, 7) is 1.10. The fourth-order valence-corrected chi connectivity index (χ4v) is 8.74. The van der Waals surface area contributed by atoms with Crippen LogP contribution < -0.4 is 9.80 Å². The molecule has 6 rings (SSSR count). The average molecular weight is 564 g/mol. The van der Waals surface area contributed by atoms with Gasteiger partial charge in [0.15, 0.2) is 0 Å². The van der Waals surface area contributed by atoms with E-state index in [4.69, 9.17) is 11.6 Å². The second kappa shape index (κ2) is 10.5. The van der Waals surface area contributed by atoms with Gasteiger partial charge in [0, 0.05) is 37.2 Å². The Bertz CT molecular complexity index is 1350. The fraction of sp³-hybridized carbons (Fsp3) is 0.367. The van der Waals surface area contributed by atoms with Crippen molar-refractivity contribution in [3.8, 4) is 0 Å². The molecule has 0 saturated carbocycles. The van der Waals surface area contributed by atoms with E-state index in [1.807, 2.05) is 72.8 Å². The number of para-hydroxylation sites is 2. The summed E-state index contributed by atoms with van der Waals surface area (Å²) in [4.78, 5) is 47.9. The maximum atomic E-state index is 14.4. The van der Waals surface area contributed by atoms with Crippen LogP contribution in [0, 0.1) is 11.8 Å². The minimum atomic E-state index is -0.890. The van der Waals surface area contributed by atoms with Gasteiger partial charge in [-0.05, 0) is 37.1 Å². The number of aliphatic hydroxyl groups excluding tert-OH is 1. The van der Waals surface area contributed by atoms with Crippen molar-refractivity contribution in [2.45, 2.75) is 28.9 Å². The molecule has 4 aliphatic heterocycles. The van der Waals surface area contributed by atoms with Crippen LogP contribution in [0.25, 0.3) is 0 Å². The standard InChI is InChI=1S/C30H30ClN3O4S/c31-21-12-4-5-13-22(21)33-18-9-15-30-25(28(37)34(16-6-7-19-35)26(30)29(33)38)24-23(39-30)14-8-17-32(27(24)36)20-10-2-1-3-11-20/h1-5,8-15,23-26,35H,6-7,16-19H2/t23-,24+,25+,26?,30+/m1/s1. The summed E-state index contributed by atoms with van der Waals surface area (Å²) in [7, 11) is 0. The summed E-state index contributed by atoms with van der Waals surface area (Å²) >= 11 is 8.08. The molecule has 0 aliphatic carbocycles. The van der Waals surface area contributed by atoms with E-state index in [9.17, 15) is 19.5 Å². The van der Waals surface area contributed by atoms with Gasteiger partial charge in [0.25, 0.3) is 5.91 Å². The average Bonchev–Trinajstić information content (AvgIpc) is 3.25. The number of halogens is 1. The molecule has 0 radical (unpaired) electrons. The van der Waals surface area contributed by atoms with Crippen LogP contribution in [-0.2, 0) is 14.4 Å². The van der Waals surface area contributed by atoms with Crippen LogP contribution in [-0.4, -0.2) is 70.0 Å². The number of carbonyl (C=O) groups is 3. The Morgan fingerprint density at radius 3 is 2.41 bits per heavy atom. The number of hydrogen-bond acceptors (Lipinski definition) is 5. The van der Waals surface area contributed by atoms with E-state index >= 15 is 0 Å². The molecular formula is C30H30ClN3O4S. The van der Waals surface area contributed by atoms with Crippen LogP contribution in [0.3, 0.4) is 0 Å². The second-order valence-electron chi connectivity index (χ2n) is 10.3. The maximum absolute atomic E-state index is 14.4. The minimum absolute atomic E-state index is 0.00955. The van der Waals surface area contributed by atoms with Gasteiger partial charge in [0.05, 0.1) is 27.3 Å². The summed E-state index contributed by atoms with van der Waals surface area (Å²) in [5.74, 6) is -1.75. The van der Waals surface area contributed by atoms with E-state index in [0.717, 1.165) is 5.69 Å². The zero-order valence-corrected chi connectivity index (χ0v) is 22.9. The predicted octanol–water partition coefficient (Wildman–Crippen LogP) is 3.92. The Balaban J connectivity index is 1.43. The zero-order valence-electron chi connectivity index (χ0n) is 21.4. The van der Waals surface area contributed by atoms with Crippen molar-refractivity contribution in [3.63, 3.8) is 0 Å². The first kappa shape index (κ1) is 26.2. The summed E-state index contributed by atoms with van der Waals surface area (Å²) in [5.41, 5.74) is 1.39. The van der Waals surface area contributed by atoms with E-state index in [0.29, 0.717) is 43.2 Å². The smallest absolute Gasteiger partial charge is 0.251 e. The Labute approximate surface area is 237 Å². The van der Waals surface area contributed by atoms with E-state index < -0.39 is 22.6 Å². The first-order chi connectivity index (χ1) is 19.0. The number of likely N-dealkylation sites (tertiary alicyclic amines) is 1. The van der Waals surface area contributed by atoms with Crippen LogP contribution in [0.5, 0.6) is 0 Å². The molecule has 2 saturated heterocycles. The van der Waals surface area contributed by atoms with Crippen LogP contribution >= 0.6 is 23.4 Å². The lowest BCUT2D eigenvalue weighted by molar-refractivity contribution is -0.138. The number of rotatable bonds is 6. The molecule has 3 amide bonds. The van der Waals surface area contributed by atoms with E-state index in [-0.39, 0.29) is 29.6 Å². The first-order valence-corrected chi connectivity index (χ1v) is 14.6. The maximum Gasteiger partial charge on any atom is 0.251 e. The van der Waals surface area contributed by atoms with E-state index in [1.165, 1.54) is 0 Å². The van der Waals surface area contributed by atoms with Gasteiger partial charge < -0.3 is 19.8 Å². The lowest BCUT2D eigenvalue weighted by Crippen LogP contribution is -2.53. The van der Waals surface area contributed by atoms with Crippen LogP contribution in [0.15, 0.2) is 78.9 Å². The molecule has 0 bridgehead atoms. The van der Waals surface area contributed by atoms with Crippen LogP contribution in [0.1, 0.15) is 12.8 Å². The highest BCUT2D eigenvalue weighted by atomic mass is 35.5. The number of amides is 3. The normalized spacial score (nSPS) is 29.8.